The molecule has 0 aliphatic rings. The van der Waals surface area contributed by atoms with Gasteiger partial charge in [0.25, 0.3) is 0 Å². The molecule has 0 heterocycles. The molecule has 0 unspecified atom stereocenters. The molecular formula is C11H16Cl2N2O2. The molecule has 2 amide bonds. The van der Waals surface area contributed by atoms with E-state index in [0.29, 0.717) is 24.2 Å². The Bertz CT molecular complexity index is 353. The largest absolute Gasteiger partial charge is 0.274 e. The van der Waals surface area contributed by atoms with Crippen molar-refractivity contribution in [2.45, 2.75) is 33.6 Å². The average Bonchev–Trinajstić information content (AvgIpc) is 2.26. The first-order chi connectivity index (χ1) is 7.77. The summed E-state index contributed by atoms with van der Waals surface area (Å²) >= 11 is 11.4. The molecule has 0 radical (unpaired) electrons. The third-order valence-electron chi connectivity index (χ3n) is 2.01. The van der Waals surface area contributed by atoms with Crippen molar-refractivity contribution in [2.75, 3.05) is 0 Å². The highest BCUT2D eigenvalue weighted by Crippen LogP contribution is 2.15. The lowest BCUT2D eigenvalue weighted by Gasteiger charge is -2.14. The van der Waals surface area contributed by atoms with Crippen molar-refractivity contribution in [1.29, 1.82) is 0 Å². The van der Waals surface area contributed by atoms with E-state index in [1.807, 2.05) is 0 Å². The van der Waals surface area contributed by atoms with Crippen LogP contribution in [0.5, 0.6) is 0 Å². The highest BCUT2D eigenvalue weighted by Gasteiger charge is 2.09. The van der Waals surface area contributed by atoms with Gasteiger partial charge in [0, 0.05) is 48.8 Å². The highest BCUT2D eigenvalue weighted by atomic mass is 35.5. The van der Waals surface area contributed by atoms with Gasteiger partial charge in [-0.05, 0) is 19.8 Å². The van der Waals surface area contributed by atoms with E-state index in [4.69, 9.17) is 23.6 Å². The third-order valence-corrected chi connectivity index (χ3v) is 2.99. The van der Waals surface area contributed by atoms with Gasteiger partial charge in [0.15, 0.2) is 0 Å². The van der Waals surface area contributed by atoms with E-state index >= 15 is 0 Å². The molecule has 0 bridgehead atoms. The molecule has 0 aromatic rings. The Hall–Kier alpha value is -1.00. The van der Waals surface area contributed by atoms with Crippen molar-refractivity contribution in [3.05, 3.63) is 24.0 Å². The molecule has 0 rings (SSSR count). The van der Waals surface area contributed by atoms with Crippen molar-refractivity contribution in [2.24, 2.45) is 0 Å². The number of hydrogen-bond acceptors (Lipinski definition) is 2. The molecule has 4 nitrogen and oxygen atoms in total. The molecule has 0 N–H and O–H groups in total. The predicted octanol–water partition coefficient (Wildman–Crippen LogP) is 3.19. The van der Waals surface area contributed by atoms with E-state index in [1.165, 1.54) is 13.8 Å². The van der Waals surface area contributed by atoms with Crippen LogP contribution in [0.15, 0.2) is 24.0 Å². The summed E-state index contributed by atoms with van der Waals surface area (Å²) in [5, 5.41) is 0. The summed E-state index contributed by atoms with van der Waals surface area (Å²) in [6, 6.07) is 0. The van der Waals surface area contributed by atoms with Gasteiger partial charge < -0.3 is 0 Å². The van der Waals surface area contributed by atoms with E-state index in [0.717, 1.165) is 8.84 Å². The van der Waals surface area contributed by atoms with Crippen LogP contribution < -0.4 is 0 Å². The molecule has 6 heteroatoms. The first kappa shape index (κ1) is 16.0. The van der Waals surface area contributed by atoms with E-state index < -0.39 is 0 Å². The van der Waals surface area contributed by atoms with Crippen LogP contribution >= 0.6 is 23.6 Å². The summed E-state index contributed by atoms with van der Waals surface area (Å²) in [7, 11) is 0. The summed E-state index contributed by atoms with van der Waals surface area (Å²) in [5.74, 6) is -0.526. The summed E-state index contributed by atoms with van der Waals surface area (Å²) in [5.41, 5.74) is 1.14. The summed E-state index contributed by atoms with van der Waals surface area (Å²) in [4.78, 5) is 21.9. The van der Waals surface area contributed by atoms with Gasteiger partial charge in [-0.3, -0.25) is 9.59 Å². The number of rotatable bonds is 5. The van der Waals surface area contributed by atoms with Crippen LogP contribution in [0, 0.1) is 0 Å². The van der Waals surface area contributed by atoms with Gasteiger partial charge in [0.1, 0.15) is 0 Å². The molecule has 0 atom stereocenters. The molecule has 0 aromatic carbocycles. The maximum Gasteiger partial charge on any atom is 0.238 e. The van der Waals surface area contributed by atoms with Crippen LogP contribution in [-0.4, -0.2) is 20.7 Å². The number of nitrogens with zero attached hydrogens (tertiary/aromatic N) is 2. The lowest BCUT2D eigenvalue weighted by molar-refractivity contribution is -0.123. The SMILES string of the molecule is C=C(CC/C=C(\C)N(Cl)C(C)=O)N(Cl)C(C)=O. The van der Waals surface area contributed by atoms with Crippen LogP contribution in [0.2, 0.25) is 0 Å². The number of hydrogen-bond donors (Lipinski definition) is 0. The lowest BCUT2D eigenvalue weighted by Crippen LogP contribution is -2.17. The molecule has 0 aliphatic carbocycles. The standard InChI is InChI=1S/C11H16Cl2N2O2/c1-8(14(12)10(3)16)6-5-7-9(2)15(13)11(4)17/h7H,1,5-6H2,2-4H3/b9-7+. The third kappa shape index (κ3) is 5.75. The Balaban J connectivity index is 4.23. The second-order valence-electron chi connectivity index (χ2n) is 3.55. The van der Waals surface area contributed by atoms with E-state index in [1.54, 1.807) is 13.0 Å². The maximum atomic E-state index is 10.9. The van der Waals surface area contributed by atoms with Crippen molar-refractivity contribution < 1.29 is 9.59 Å². The Morgan fingerprint density at radius 2 is 1.59 bits per heavy atom. The predicted molar refractivity (Wildman–Crippen MR) is 68.9 cm³/mol. The monoisotopic (exact) mass is 278 g/mol. The number of halogens is 2. The number of allylic oxidation sites excluding steroid dienone is 3. The van der Waals surface area contributed by atoms with Gasteiger partial charge in [-0.15, -0.1) is 0 Å². The number of carbonyl (C=O) groups is 2. The first-order valence-corrected chi connectivity index (χ1v) is 5.72. The van der Waals surface area contributed by atoms with Crippen molar-refractivity contribution in [3.8, 4) is 0 Å². The molecule has 0 saturated heterocycles. The Labute approximate surface area is 112 Å². The van der Waals surface area contributed by atoms with Gasteiger partial charge >= 0.3 is 0 Å². The zero-order chi connectivity index (χ0) is 13.6. The lowest BCUT2D eigenvalue weighted by atomic mass is 10.2. The minimum Gasteiger partial charge on any atom is -0.274 e. The molecule has 0 aromatic heterocycles. The fourth-order valence-electron chi connectivity index (χ4n) is 1.10. The average molecular weight is 279 g/mol. The molecule has 0 spiro atoms. The zero-order valence-electron chi connectivity index (χ0n) is 10.2. The Kier molecular flexibility index (Phi) is 6.92. The topological polar surface area (TPSA) is 40.6 Å². The normalized spacial score (nSPS) is 11.0. The fourth-order valence-corrected chi connectivity index (χ4v) is 1.25. The van der Waals surface area contributed by atoms with Crippen molar-refractivity contribution in [1.82, 2.24) is 8.84 Å². The number of amides is 2. The van der Waals surface area contributed by atoms with Crippen LogP contribution in [0.25, 0.3) is 0 Å². The van der Waals surface area contributed by atoms with Gasteiger partial charge in [-0.25, -0.2) is 8.84 Å². The van der Waals surface area contributed by atoms with E-state index in [-0.39, 0.29) is 11.8 Å². The molecule has 0 aliphatic heterocycles. The highest BCUT2D eigenvalue weighted by molar-refractivity contribution is 6.22. The minimum absolute atomic E-state index is 0.248. The van der Waals surface area contributed by atoms with Crippen molar-refractivity contribution >= 4 is 35.4 Å². The summed E-state index contributed by atoms with van der Waals surface area (Å²) in [6.45, 7) is 8.14. The van der Waals surface area contributed by atoms with Crippen molar-refractivity contribution in [3.63, 3.8) is 0 Å². The van der Waals surface area contributed by atoms with E-state index in [2.05, 4.69) is 6.58 Å². The molecule has 17 heavy (non-hydrogen) atoms. The maximum absolute atomic E-state index is 10.9. The number of carbonyl (C=O) groups excluding carboxylic acids is 2. The molecule has 96 valence electrons. The van der Waals surface area contributed by atoms with E-state index in [9.17, 15) is 9.59 Å². The van der Waals surface area contributed by atoms with Gasteiger partial charge in [0.05, 0.1) is 0 Å². The zero-order valence-corrected chi connectivity index (χ0v) is 11.7. The van der Waals surface area contributed by atoms with Crippen LogP contribution in [0.3, 0.4) is 0 Å². The fraction of sp³-hybridized carbons (Fsp3) is 0.455. The molecule has 0 fully saturated rings. The van der Waals surface area contributed by atoms with Crippen LogP contribution in [0.4, 0.5) is 0 Å². The second kappa shape index (κ2) is 7.35. The summed E-state index contributed by atoms with van der Waals surface area (Å²) < 4.78 is 2.01. The van der Waals surface area contributed by atoms with Gasteiger partial charge in [-0.2, -0.15) is 0 Å². The first-order valence-electron chi connectivity index (χ1n) is 5.04. The second-order valence-corrected chi connectivity index (χ2v) is 4.23. The van der Waals surface area contributed by atoms with Gasteiger partial charge in [-0.1, -0.05) is 12.7 Å². The Morgan fingerprint density at radius 3 is 2.00 bits per heavy atom. The summed E-state index contributed by atoms with van der Waals surface area (Å²) in [6.07, 6.45) is 2.89. The quantitative estimate of drug-likeness (QED) is 0.725. The minimum atomic E-state index is -0.278. The van der Waals surface area contributed by atoms with Crippen LogP contribution in [-0.2, 0) is 9.59 Å². The van der Waals surface area contributed by atoms with Gasteiger partial charge in [0.2, 0.25) is 11.8 Å². The van der Waals surface area contributed by atoms with Crippen LogP contribution in [0.1, 0.15) is 33.6 Å². The smallest absolute Gasteiger partial charge is 0.238 e. The Morgan fingerprint density at radius 1 is 1.12 bits per heavy atom. The molecular weight excluding hydrogens is 263 g/mol. The molecule has 0 saturated carbocycles.